The van der Waals surface area contributed by atoms with Gasteiger partial charge in [-0.15, -0.1) is 6.58 Å². The standard InChI is InChI=1S/C12H21NO3Si/c1-6-8-11(12(14)15)13-9-10(3)16-17(4,5)7-2/h6-8,10H,2,9H2,1,3-5H3,(H,14,15). The van der Waals surface area contributed by atoms with Crippen LogP contribution in [-0.4, -0.2) is 37.8 Å². The summed E-state index contributed by atoms with van der Waals surface area (Å²) >= 11 is 0. The lowest BCUT2D eigenvalue weighted by atomic mass is 10.3. The molecule has 0 rings (SSSR count). The number of hydrogen-bond donors (Lipinski definition) is 1. The van der Waals surface area contributed by atoms with Crippen molar-refractivity contribution in [1.82, 2.24) is 0 Å². The SMILES string of the molecule is C=C[Si](C)(C)OC(C)CN=C(C=CC)C(=O)O. The van der Waals surface area contributed by atoms with E-state index in [4.69, 9.17) is 9.53 Å². The van der Waals surface area contributed by atoms with E-state index >= 15 is 0 Å². The first-order valence-corrected chi connectivity index (χ1v) is 8.52. The molecule has 0 heterocycles. The normalized spacial score (nSPS) is 14.9. The third kappa shape index (κ3) is 6.86. The molecule has 0 amide bonds. The molecule has 96 valence electrons. The summed E-state index contributed by atoms with van der Waals surface area (Å²) in [6, 6.07) is 0. The predicted octanol–water partition coefficient (Wildman–Crippen LogP) is 2.42. The van der Waals surface area contributed by atoms with Crippen LogP contribution in [0.15, 0.2) is 29.4 Å². The van der Waals surface area contributed by atoms with Crippen LogP contribution in [0.25, 0.3) is 0 Å². The van der Waals surface area contributed by atoms with Crippen LogP contribution in [0.2, 0.25) is 13.1 Å². The first-order chi connectivity index (χ1) is 7.82. The zero-order valence-electron chi connectivity index (χ0n) is 10.9. The lowest BCUT2D eigenvalue weighted by Crippen LogP contribution is -2.33. The summed E-state index contributed by atoms with van der Waals surface area (Å²) in [5.41, 5.74) is 1.90. The zero-order valence-corrected chi connectivity index (χ0v) is 11.9. The number of nitrogens with zero attached hydrogens (tertiary/aromatic N) is 1. The molecule has 0 bridgehead atoms. The van der Waals surface area contributed by atoms with Gasteiger partial charge < -0.3 is 9.53 Å². The number of carboxylic acid groups (broad SMARTS) is 1. The molecule has 1 atom stereocenters. The van der Waals surface area contributed by atoms with Crippen molar-refractivity contribution in [2.24, 2.45) is 4.99 Å². The van der Waals surface area contributed by atoms with Crippen LogP contribution in [0.1, 0.15) is 13.8 Å². The highest BCUT2D eigenvalue weighted by molar-refractivity contribution is 6.76. The van der Waals surface area contributed by atoms with Crippen molar-refractivity contribution in [2.45, 2.75) is 33.0 Å². The molecule has 0 saturated carbocycles. The van der Waals surface area contributed by atoms with Crippen LogP contribution in [-0.2, 0) is 9.22 Å². The van der Waals surface area contributed by atoms with E-state index in [1.54, 1.807) is 13.0 Å². The molecule has 0 fully saturated rings. The summed E-state index contributed by atoms with van der Waals surface area (Å²) in [5.74, 6) is -1.02. The van der Waals surface area contributed by atoms with Crippen molar-refractivity contribution < 1.29 is 14.3 Å². The van der Waals surface area contributed by atoms with E-state index in [1.807, 2.05) is 25.7 Å². The van der Waals surface area contributed by atoms with Crippen molar-refractivity contribution in [3.63, 3.8) is 0 Å². The third-order valence-corrected chi connectivity index (χ3v) is 4.05. The highest BCUT2D eigenvalue weighted by Crippen LogP contribution is 2.09. The summed E-state index contributed by atoms with van der Waals surface area (Å²) in [5, 5.41) is 8.87. The van der Waals surface area contributed by atoms with E-state index in [1.165, 1.54) is 6.08 Å². The summed E-state index contributed by atoms with van der Waals surface area (Å²) in [7, 11) is -1.83. The fraction of sp³-hybridized carbons (Fsp3) is 0.500. The molecule has 0 spiro atoms. The van der Waals surface area contributed by atoms with E-state index in [0.29, 0.717) is 6.54 Å². The summed E-state index contributed by atoms with van der Waals surface area (Å²) in [4.78, 5) is 14.8. The molecule has 0 aromatic heterocycles. The van der Waals surface area contributed by atoms with Crippen LogP contribution >= 0.6 is 0 Å². The molecule has 0 aromatic carbocycles. The maximum Gasteiger partial charge on any atom is 0.354 e. The number of allylic oxidation sites excluding steroid dienone is 1. The predicted molar refractivity (Wildman–Crippen MR) is 73.0 cm³/mol. The van der Waals surface area contributed by atoms with Crippen LogP contribution < -0.4 is 0 Å². The molecular weight excluding hydrogens is 234 g/mol. The molecule has 5 heteroatoms. The van der Waals surface area contributed by atoms with Crippen molar-refractivity contribution in [3.05, 3.63) is 24.4 Å². The van der Waals surface area contributed by atoms with E-state index in [0.717, 1.165) is 0 Å². The van der Waals surface area contributed by atoms with Gasteiger partial charge in [0.15, 0.2) is 0 Å². The molecular formula is C12H21NO3Si. The number of carbonyl (C=O) groups is 1. The Morgan fingerprint density at radius 3 is 2.59 bits per heavy atom. The van der Waals surface area contributed by atoms with Gasteiger partial charge in [0.25, 0.3) is 0 Å². The number of carboxylic acids is 1. The second-order valence-corrected chi connectivity index (χ2v) is 8.12. The molecule has 0 radical (unpaired) electrons. The molecule has 4 nitrogen and oxygen atoms in total. The number of aliphatic carboxylic acids is 1. The molecule has 1 unspecified atom stereocenters. The van der Waals surface area contributed by atoms with Crippen LogP contribution in [0.4, 0.5) is 0 Å². The quantitative estimate of drug-likeness (QED) is 0.561. The van der Waals surface area contributed by atoms with E-state index in [-0.39, 0.29) is 11.8 Å². The molecule has 0 aliphatic heterocycles. The Labute approximate surface area is 104 Å². The lowest BCUT2D eigenvalue weighted by Gasteiger charge is -2.22. The monoisotopic (exact) mass is 255 g/mol. The van der Waals surface area contributed by atoms with Crippen LogP contribution in [0, 0.1) is 0 Å². The zero-order chi connectivity index (χ0) is 13.5. The second-order valence-electron chi connectivity index (χ2n) is 4.27. The van der Waals surface area contributed by atoms with E-state index in [9.17, 15) is 4.79 Å². The Balaban J connectivity index is 4.48. The third-order valence-electron chi connectivity index (χ3n) is 2.06. The topological polar surface area (TPSA) is 58.9 Å². The van der Waals surface area contributed by atoms with Gasteiger partial charge in [-0.25, -0.2) is 4.79 Å². The summed E-state index contributed by atoms with van der Waals surface area (Å²) in [6.45, 7) is 11.8. The van der Waals surface area contributed by atoms with Gasteiger partial charge in [0.05, 0.1) is 12.6 Å². The summed E-state index contributed by atoms with van der Waals surface area (Å²) < 4.78 is 5.79. The fourth-order valence-corrected chi connectivity index (χ4v) is 2.39. The largest absolute Gasteiger partial charge is 0.477 e. The number of rotatable bonds is 7. The molecule has 17 heavy (non-hydrogen) atoms. The van der Waals surface area contributed by atoms with Gasteiger partial charge in [-0.1, -0.05) is 11.8 Å². The first-order valence-electron chi connectivity index (χ1n) is 5.54. The average molecular weight is 255 g/mol. The Kier molecular flexibility index (Phi) is 6.68. The lowest BCUT2D eigenvalue weighted by molar-refractivity contribution is -0.129. The minimum absolute atomic E-state index is 0.0565. The van der Waals surface area contributed by atoms with Crippen LogP contribution in [0.5, 0.6) is 0 Å². The molecule has 1 N–H and O–H groups in total. The molecule has 0 aromatic rings. The maximum atomic E-state index is 10.8. The van der Waals surface area contributed by atoms with Crippen LogP contribution in [0.3, 0.4) is 0 Å². The van der Waals surface area contributed by atoms with Crippen molar-refractivity contribution in [1.29, 1.82) is 0 Å². The van der Waals surface area contributed by atoms with Gasteiger partial charge in [0.2, 0.25) is 8.32 Å². The van der Waals surface area contributed by atoms with Gasteiger partial charge in [0.1, 0.15) is 5.71 Å². The Morgan fingerprint density at radius 2 is 2.18 bits per heavy atom. The Bertz CT molecular complexity index is 335. The maximum absolute atomic E-state index is 10.8. The van der Waals surface area contributed by atoms with E-state index in [2.05, 4.69) is 11.6 Å². The van der Waals surface area contributed by atoms with Gasteiger partial charge in [-0.2, -0.15) is 0 Å². The highest BCUT2D eigenvalue weighted by Gasteiger charge is 2.20. The minimum Gasteiger partial charge on any atom is -0.477 e. The number of hydrogen-bond acceptors (Lipinski definition) is 3. The molecule has 0 aliphatic rings. The van der Waals surface area contributed by atoms with Gasteiger partial charge in [0, 0.05) is 0 Å². The smallest absolute Gasteiger partial charge is 0.354 e. The van der Waals surface area contributed by atoms with E-state index < -0.39 is 14.3 Å². The average Bonchev–Trinajstić information content (AvgIpc) is 2.23. The Morgan fingerprint density at radius 1 is 1.59 bits per heavy atom. The minimum atomic E-state index is -1.83. The fourth-order valence-electron chi connectivity index (χ4n) is 1.18. The summed E-state index contributed by atoms with van der Waals surface area (Å²) in [6.07, 6.45) is 3.03. The van der Waals surface area contributed by atoms with Gasteiger partial charge in [-0.3, -0.25) is 4.99 Å². The van der Waals surface area contributed by atoms with Crippen molar-refractivity contribution >= 4 is 20.0 Å². The molecule has 0 saturated heterocycles. The second kappa shape index (κ2) is 7.19. The number of aliphatic imine (C=N–C) groups is 1. The van der Waals surface area contributed by atoms with Gasteiger partial charge >= 0.3 is 5.97 Å². The highest BCUT2D eigenvalue weighted by atomic mass is 28.4. The van der Waals surface area contributed by atoms with Gasteiger partial charge in [-0.05, 0) is 33.0 Å². The Hall–Kier alpha value is -1.20. The van der Waals surface area contributed by atoms with Crippen molar-refractivity contribution in [3.8, 4) is 0 Å². The molecule has 0 aliphatic carbocycles. The first kappa shape index (κ1) is 15.8. The van der Waals surface area contributed by atoms with Crippen molar-refractivity contribution in [2.75, 3.05) is 6.54 Å².